The lowest BCUT2D eigenvalue weighted by Gasteiger charge is -2.02. The van der Waals surface area contributed by atoms with Gasteiger partial charge in [-0.2, -0.15) is 0 Å². The number of nitrogens with zero attached hydrogens (tertiary/aromatic N) is 1. The van der Waals surface area contributed by atoms with Crippen LogP contribution < -0.4 is 4.74 Å². The van der Waals surface area contributed by atoms with Crippen LogP contribution in [0.5, 0.6) is 5.75 Å². The number of carboxylic acids is 1. The fourth-order valence-corrected chi connectivity index (χ4v) is 2.09. The molecular formula is C13H11NO4. The maximum atomic E-state index is 10.7. The van der Waals surface area contributed by atoms with Gasteiger partial charge in [-0.15, -0.1) is 0 Å². The summed E-state index contributed by atoms with van der Waals surface area (Å²) < 4.78 is 10.6. The van der Waals surface area contributed by atoms with Crippen LogP contribution in [0, 0.1) is 0 Å². The van der Waals surface area contributed by atoms with Crippen molar-refractivity contribution < 1.29 is 19.2 Å². The molecule has 0 amide bonds. The number of benzene rings is 1. The van der Waals surface area contributed by atoms with Crippen molar-refractivity contribution in [3.63, 3.8) is 0 Å². The molecule has 1 N–H and O–H groups in total. The zero-order valence-corrected chi connectivity index (χ0v) is 9.71. The summed E-state index contributed by atoms with van der Waals surface area (Å²) in [4.78, 5) is 10.7. The lowest BCUT2D eigenvalue weighted by atomic mass is 10.1. The van der Waals surface area contributed by atoms with Gasteiger partial charge in [0, 0.05) is 18.1 Å². The monoisotopic (exact) mass is 245 g/mol. The largest absolute Gasteiger partial charge is 0.490 e. The number of carbonyl (C=O) groups is 1. The summed E-state index contributed by atoms with van der Waals surface area (Å²) in [5.41, 5.74) is 1.83. The SMILES string of the molecule is C[C@@H]1Cc2cc(-c3cc(C(=O)O)no3)ccc2O1. The average molecular weight is 245 g/mol. The highest BCUT2D eigenvalue weighted by Crippen LogP contribution is 2.32. The number of aromatic nitrogens is 1. The molecule has 92 valence electrons. The predicted octanol–water partition coefficient (Wildman–Crippen LogP) is 2.36. The van der Waals surface area contributed by atoms with Crippen molar-refractivity contribution in [2.24, 2.45) is 0 Å². The quantitative estimate of drug-likeness (QED) is 0.879. The van der Waals surface area contributed by atoms with E-state index in [1.807, 2.05) is 25.1 Å². The van der Waals surface area contributed by atoms with Gasteiger partial charge in [-0.25, -0.2) is 4.79 Å². The summed E-state index contributed by atoms with van der Waals surface area (Å²) in [5, 5.41) is 12.3. The molecule has 0 bridgehead atoms. The van der Waals surface area contributed by atoms with Crippen LogP contribution in [0.25, 0.3) is 11.3 Å². The lowest BCUT2D eigenvalue weighted by molar-refractivity contribution is 0.0686. The van der Waals surface area contributed by atoms with Crippen molar-refractivity contribution in [1.82, 2.24) is 5.16 Å². The molecule has 2 aromatic rings. The van der Waals surface area contributed by atoms with Crippen molar-refractivity contribution in [2.75, 3.05) is 0 Å². The van der Waals surface area contributed by atoms with Crippen LogP contribution in [0.3, 0.4) is 0 Å². The van der Waals surface area contributed by atoms with Gasteiger partial charge < -0.3 is 14.4 Å². The smallest absolute Gasteiger partial charge is 0.358 e. The van der Waals surface area contributed by atoms with Crippen molar-refractivity contribution in [1.29, 1.82) is 0 Å². The molecule has 2 heterocycles. The highest BCUT2D eigenvalue weighted by Gasteiger charge is 2.20. The maximum Gasteiger partial charge on any atom is 0.358 e. The molecule has 18 heavy (non-hydrogen) atoms. The molecule has 0 saturated heterocycles. The van der Waals surface area contributed by atoms with Gasteiger partial charge in [-0.3, -0.25) is 0 Å². The number of hydrogen-bond donors (Lipinski definition) is 1. The van der Waals surface area contributed by atoms with Crippen molar-refractivity contribution in [2.45, 2.75) is 19.4 Å². The molecular weight excluding hydrogens is 234 g/mol. The zero-order valence-electron chi connectivity index (χ0n) is 9.71. The van der Waals surface area contributed by atoms with E-state index >= 15 is 0 Å². The normalized spacial score (nSPS) is 17.3. The summed E-state index contributed by atoms with van der Waals surface area (Å²) in [6.07, 6.45) is 1.03. The first kappa shape index (κ1) is 10.8. The molecule has 0 saturated carbocycles. The van der Waals surface area contributed by atoms with Crippen molar-refractivity contribution in [3.8, 4) is 17.1 Å². The Morgan fingerprint density at radius 3 is 3.00 bits per heavy atom. The minimum absolute atomic E-state index is 0.0879. The Morgan fingerprint density at radius 2 is 2.28 bits per heavy atom. The molecule has 1 atom stereocenters. The Balaban J connectivity index is 1.97. The topological polar surface area (TPSA) is 72.6 Å². The van der Waals surface area contributed by atoms with E-state index in [1.54, 1.807) is 0 Å². The number of rotatable bonds is 2. The third-order valence-electron chi connectivity index (χ3n) is 2.91. The van der Waals surface area contributed by atoms with E-state index in [-0.39, 0.29) is 11.8 Å². The molecule has 5 nitrogen and oxygen atoms in total. The Hall–Kier alpha value is -2.30. The van der Waals surface area contributed by atoms with Gasteiger partial charge in [0.1, 0.15) is 11.9 Å². The van der Waals surface area contributed by atoms with E-state index in [4.69, 9.17) is 14.4 Å². The van der Waals surface area contributed by atoms with Gasteiger partial charge in [0.25, 0.3) is 0 Å². The average Bonchev–Trinajstić information content (AvgIpc) is 2.91. The van der Waals surface area contributed by atoms with Gasteiger partial charge >= 0.3 is 5.97 Å². The fraction of sp³-hybridized carbons (Fsp3) is 0.231. The van der Waals surface area contributed by atoms with Crippen LogP contribution >= 0.6 is 0 Å². The first-order valence-electron chi connectivity index (χ1n) is 5.63. The van der Waals surface area contributed by atoms with E-state index in [0.717, 1.165) is 23.3 Å². The van der Waals surface area contributed by atoms with E-state index in [1.165, 1.54) is 6.07 Å². The number of ether oxygens (including phenoxy) is 1. The third-order valence-corrected chi connectivity index (χ3v) is 2.91. The molecule has 1 aromatic carbocycles. The predicted molar refractivity (Wildman–Crippen MR) is 62.7 cm³/mol. The molecule has 3 rings (SSSR count). The van der Waals surface area contributed by atoms with Crippen LogP contribution in [-0.4, -0.2) is 22.3 Å². The molecule has 0 unspecified atom stereocenters. The van der Waals surface area contributed by atoms with Crippen LogP contribution in [0.4, 0.5) is 0 Å². The standard InChI is InChI=1S/C13H11NO4/c1-7-4-9-5-8(2-3-11(9)17-7)12-6-10(13(15)16)14-18-12/h2-3,5-7H,4H2,1H3,(H,15,16)/t7-/m1/s1. The molecule has 1 aliphatic heterocycles. The molecule has 5 heteroatoms. The summed E-state index contributed by atoms with van der Waals surface area (Å²) in [5.74, 6) is 0.238. The minimum Gasteiger partial charge on any atom is -0.490 e. The molecule has 0 aliphatic carbocycles. The highest BCUT2D eigenvalue weighted by molar-refractivity contribution is 5.86. The molecule has 0 fully saturated rings. The summed E-state index contributed by atoms with van der Waals surface area (Å²) in [7, 11) is 0. The Morgan fingerprint density at radius 1 is 1.44 bits per heavy atom. The second kappa shape index (κ2) is 3.87. The summed E-state index contributed by atoms with van der Waals surface area (Å²) in [6, 6.07) is 7.08. The Bertz CT molecular complexity index is 617. The van der Waals surface area contributed by atoms with Crippen LogP contribution in [0.15, 0.2) is 28.8 Å². The minimum atomic E-state index is -1.09. The first-order valence-corrected chi connectivity index (χ1v) is 5.63. The second-order valence-electron chi connectivity index (χ2n) is 4.34. The maximum absolute atomic E-state index is 10.7. The van der Waals surface area contributed by atoms with E-state index in [0.29, 0.717) is 5.76 Å². The molecule has 0 radical (unpaired) electrons. The van der Waals surface area contributed by atoms with Gasteiger partial charge in [0.05, 0.1) is 0 Å². The Kier molecular flexibility index (Phi) is 2.33. The number of fused-ring (bicyclic) bond motifs is 1. The fourth-order valence-electron chi connectivity index (χ4n) is 2.09. The third kappa shape index (κ3) is 1.73. The molecule has 1 aliphatic rings. The number of hydrogen-bond acceptors (Lipinski definition) is 4. The lowest BCUT2D eigenvalue weighted by Crippen LogP contribution is -2.05. The van der Waals surface area contributed by atoms with Crippen molar-refractivity contribution in [3.05, 3.63) is 35.5 Å². The van der Waals surface area contributed by atoms with Crippen LogP contribution in [0.2, 0.25) is 0 Å². The first-order chi connectivity index (χ1) is 8.63. The molecule has 0 spiro atoms. The Labute approximate surface area is 103 Å². The van der Waals surface area contributed by atoms with Crippen LogP contribution in [-0.2, 0) is 6.42 Å². The zero-order chi connectivity index (χ0) is 12.7. The van der Waals surface area contributed by atoms with Gasteiger partial charge in [-0.05, 0) is 30.7 Å². The van der Waals surface area contributed by atoms with Crippen LogP contribution in [0.1, 0.15) is 23.0 Å². The summed E-state index contributed by atoms with van der Waals surface area (Å²) >= 11 is 0. The van der Waals surface area contributed by atoms with E-state index < -0.39 is 5.97 Å². The van der Waals surface area contributed by atoms with E-state index in [2.05, 4.69) is 5.16 Å². The van der Waals surface area contributed by atoms with Gasteiger partial charge in [0.2, 0.25) is 0 Å². The number of aromatic carboxylic acids is 1. The highest BCUT2D eigenvalue weighted by atomic mass is 16.5. The summed E-state index contributed by atoms with van der Waals surface area (Å²) in [6.45, 7) is 2.01. The van der Waals surface area contributed by atoms with Gasteiger partial charge in [0.15, 0.2) is 11.5 Å². The number of carboxylic acid groups (broad SMARTS) is 1. The van der Waals surface area contributed by atoms with E-state index in [9.17, 15) is 4.79 Å². The van der Waals surface area contributed by atoms with Crippen molar-refractivity contribution >= 4 is 5.97 Å². The molecule has 1 aromatic heterocycles. The second-order valence-corrected chi connectivity index (χ2v) is 4.34. The van der Waals surface area contributed by atoms with Gasteiger partial charge in [-0.1, -0.05) is 5.16 Å².